The maximum absolute atomic E-state index is 13.0. The van der Waals surface area contributed by atoms with Gasteiger partial charge in [-0.1, -0.05) is 0 Å². The number of piperidine rings is 1. The van der Waals surface area contributed by atoms with Crippen molar-refractivity contribution < 1.29 is 19.1 Å². The number of likely N-dealkylation sites (tertiary alicyclic amines) is 1. The van der Waals surface area contributed by atoms with E-state index < -0.39 is 0 Å². The van der Waals surface area contributed by atoms with Gasteiger partial charge < -0.3 is 14.4 Å². The first-order valence-electron chi connectivity index (χ1n) is 11.6. The van der Waals surface area contributed by atoms with Gasteiger partial charge in [0, 0.05) is 36.7 Å². The molecule has 0 spiro atoms. The summed E-state index contributed by atoms with van der Waals surface area (Å²) in [5.74, 6) is 1.44. The van der Waals surface area contributed by atoms with Crippen molar-refractivity contribution in [3.8, 4) is 17.6 Å². The van der Waals surface area contributed by atoms with E-state index >= 15 is 0 Å². The Morgan fingerprint density at radius 3 is 2.61 bits per heavy atom. The molecule has 1 fully saturated rings. The molecule has 174 valence electrons. The molecule has 2 aromatic rings. The molecule has 0 aliphatic carbocycles. The van der Waals surface area contributed by atoms with Gasteiger partial charge in [-0.2, -0.15) is 10.4 Å². The molecule has 1 amide bonds. The van der Waals surface area contributed by atoms with E-state index in [1.807, 2.05) is 23.4 Å². The summed E-state index contributed by atoms with van der Waals surface area (Å²) in [6.07, 6.45) is 2.82. The summed E-state index contributed by atoms with van der Waals surface area (Å²) in [5.41, 5.74) is 3.68. The third-order valence-electron chi connectivity index (χ3n) is 6.60. The Bertz CT molecular complexity index is 1080. The minimum absolute atomic E-state index is 0.0838. The number of aromatic nitrogens is 2. The number of hydrogen-bond donors (Lipinski definition) is 0. The van der Waals surface area contributed by atoms with Crippen molar-refractivity contribution in [1.29, 1.82) is 5.26 Å². The van der Waals surface area contributed by atoms with Gasteiger partial charge in [-0.05, 0) is 56.9 Å². The summed E-state index contributed by atoms with van der Waals surface area (Å²) in [7, 11) is 0. The van der Waals surface area contributed by atoms with Crippen molar-refractivity contribution in [2.24, 2.45) is 5.92 Å². The monoisotopic (exact) mass is 450 g/mol. The summed E-state index contributed by atoms with van der Waals surface area (Å²) in [5, 5.41) is 13.3. The topological polar surface area (TPSA) is 97.5 Å². The molecule has 0 radical (unpaired) electrons. The number of nitrogens with zero attached hydrogens (tertiary/aromatic N) is 4. The predicted molar refractivity (Wildman–Crippen MR) is 121 cm³/mol. The zero-order valence-corrected chi connectivity index (χ0v) is 19.3. The van der Waals surface area contributed by atoms with Crippen molar-refractivity contribution in [2.45, 2.75) is 52.5 Å². The molecule has 1 aromatic carbocycles. The average Bonchev–Trinajstić information content (AvgIpc) is 3.12. The van der Waals surface area contributed by atoms with Gasteiger partial charge in [-0.15, -0.1) is 0 Å². The molecule has 2 aliphatic heterocycles. The molecule has 8 heteroatoms. The van der Waals surface area contributed by atoms with Crippen LogP contribution in [0.1, 0.15) is 53.0 Å². The number of nitriles is 1. The number of fused-ring (bicyclic) bond motifs is 1. The van der Waals surface area contributed by atoms with Gasteiger partial charge in [0.1, 0.15) is 13.2 Å². The first-order valence-corrected chi connectivity index (χ1v) is 11.6. The van der Waals surface area contributed by atoms with Gasteiger partial charge in [0.15, 0.2) is 17.3 Å². The van der Waals surface area contributed by atoms with Crippen LogP contribution in [0.15, 0.2) is 18.2 Å². The quantitative estimate of drug-likeness (QED) is 0.601. The fraction of sp³-hybridized carbons (Fsp3) is 0.520. The molecular formula is C25H30N4O4. The van der Waals surface area contributed by atoms with Crippen molar-refractivity contribution >= 4 is 11.7 Å². The Morgan fingerprint density at radius 2 is 1.88 bits per heavy atom. The van der Waals surface area contributed by atoms with Gasteiger partial charge >= 0.3 is 0 Å². The summed E-state index contributed by atoms with van der Waals surface area (Å²) < 4.78 is 13.0. The maximum atomic E-state index is 13.0. The van der Waals surface area contributed by atoms with Gasteiger partial charge in [-0.3, -0.25) is 14.3 Å². The summed E-state index contributed by atoms with van der Waals surface area (Å²) >= 11 is 0. The Kier molecular flexibility index (Phi) is 6.97. The minimum atomic E-state index is -0.0838. The largest absolute Gasteiger partial charge is 0.486 e. The molecule has 3 heterocycles. The predicted octanol–water partition coefficient (Wildman–Crippen LogP) is 3.24. The smallest absolute Gasteiger partial charge is 0.222 e. The van der Waals surface area contributed by atoms with E-state index in [9.17, 15) is 9.59 Å². The Morgan fingerprint density at radius 1 is 1.15 bits per heavy atom. The molecule has 1 saturated heterocycles. The number of hydrogen-bond acceptors (Lipinski definition) is 6. The van der Waals surface area contributed by atoms with Gasteiger partial charge in [0.25, 0.3) is 0 Å². The number of Topliss-reactive ketones (excluding diaryl/α,β-unsaturated/α-hetero) is 1. The second kappa shape index (κ2) is 10.1. The Labute approximate surface area is 194 Å². The highest BCUT2D eigenvalue weighted by molar-refractivity contribution is 5.98. The molecule has 33 heavy (non-hydrogen) atoms. The highest BCUT2D eigenvalue weighted by Gasteiger charge is 2.29. The SMILES string of the molecule is Cc1nn(CCC#N)c(C)c1CCC(=O)N1CCC(C(=O)c2ccc3c(c2)OCCO3)CC1. The molecular weight excluding hydrogens is 420 g/mol. The van der Waals surface area contributed by atoms with Crippen LogP contribution in [-0.2, 0) is 17.8 Å². The van der Waals surface area contributed by atoms with E-state index in [0.717, 1.165) is 17.0 Å². The second-order valence-corrected chi connectivity index (χ2v) is 8.66. The molecule has 1 aromatic heterocycles. The zero-order valence-electron chi connectivity index (χ0n) is 19.3. The number of ketones is 1. The standard InChI is InChI=1S/C25H30N4O4/c1-17-21(18(2)29(27-17)11-3-10-26)5-7-24(30)28-12-8-19(9-13-28)25(31)20-4-6-22-23(16-20)33-15-14-32-22/h4,6,16,19H,3,5,7-9,11-15H2,1-2H3. The van der Waals surface area contributed by atoms with Crippen molar-refractivity contribution in [2.75, 3.05) is 26.3 Å². The van der Waals surface area contributed by atoms with E-state index in [1.165, 1.54) is 0 Å². The molecule has 0 bridgehead atoms. The molecule has 0 N–H and O–H groups in total. The third kappa shape index (κ3) is 5.03. The van der Waals surface area contributed by atoms with Crippen molar-refractivity contribution in [3.05, 3.63) is 40.7 Å². The van der Waals surface area contributed by atoms with Crippen LogP contribution in [-0.4, -0.2) is 52.7 Å². The third-order valence-corrected chi connectivity index (χ3v) is 6.60. The summed E-state index contributed by atoms with van der Waals surface area (Å²) in [6, 6.07) is 7.52. The van der Waals surface area contributed by atoms with Crippen LogP contribution in [0.25, 0.3) is 0 Å². The molecule has 8 nitrogen and oxygen atoms in total. The lowest BCUT2D eigenvalue weighted by Crippen LogP contribution is -2.40. The number of aryl methyl sites for hydroxylation is 2. The number of amides is 1. The first-order chi connectivity index (χ1) is 16.0. The van der Waals surface area contributed by atoms with Crippen LogP contribution in [0.3, 0.4) is 0 Å². The highest BCUT2D eigenvalue weighted by atomic mass is 16.6. The van der Waals surface area contributed by atoms with Crippen molar-refractivity contribution in [1.82, 2.24) is 14.7 Å². The Balaban J connectivity index is 1.29. The van der Waals surface area contributed by atoms with E-state index in [2.05, 4.69) is 11.2 Å². The van der Waals surface area contributed by atoms with Crippen molar-refractivity contribution in [3.63, 3.8) is 0 Å². The molecule has 0 atom stereocenters. The minimum Gasteiger partial charge on any atom is -0.486 e. The highest BCUT2D eigenvalue weighted by Crippen LogP contribution is 2.32. The van der Waals surface area contributed by atoms with Gasteiger partial charge in [0.2, 0.25) is 5.91 Å². The molecule has 2 aliphatic rings. The van der Waals surface area contributed by atoms with Crippen LogP contribution < -0.4 is 9.47 Å². The molecule has 0 saturated carbocycles. The van der Waals surface area contributed by atoms with E-state index in [1.54, 1.807) is 18.2 Å². The zero-order chi connectivity index (χ0) is 23.4. The number of carbonyl (C=O) groups is 2. The first kappa shape index (κ1) is 22.8. The number of rotatable bonds is 7. The van der Waals surface area contributed by atoms with Crippen LogP contribution in [0.4, 0.5) is 0 Å². The normalized spacial score (nSPS) is 15.8. The Hall–Kier alpha value is -3.34. The number of carbonyl (C=O) groups excluding carboxylic acids is 2. The van der Waals surface area contributed by atoms with Gasteiger partial charge in [-0.25, -0.2) is 0 Å². The fourth-order valence-electron chi connectivity index (χ4n) is 4.68. The summed E-state index contributed by atoms with van der Waals surface area (Å²) in [6.45, 7) is 6.72. The van der Waals surface area contributed by atoms with E-state index in [4.69, 9.17) is 14.7 Å². The van der Waals surface area contributed by atoms with Gasteiger partial charge in [0.05, 0.1) is 24.7 Å². The number of ether oxygens (including phenoxy) is 2. The number of benzene rings is 1. The van der Waals surface area contributed by atoms with E-state index in [-0.39, 0.29) is 17.6 Å². The molecule has 0 unspecified atom stereocenters. The van der Waals surface area contributed by atoms with Crippen LogP contribution in [0.2, 0.25) is 0 Å². The fourth-order valence-corrected chi connectivity index (χ4v) is 4.68. The second-order valence-electron chi connectivity index (χ2n) is 8.66. The summed E-state index contributed by atoms with van der Waals surface area (Å²) in [4.78, 5) is 27.7. The van der Waals surface area contributed by atoms with E-state index in [0.29, 0.717) is 82.0 Å². The van der Waals surface area contributed by atoms with Crippen LogP contribution >= 0.6 is 0 Å². The maximum Gasteiger partial charge on any atom is 0.222 e. The van der Waals surface area contributed by atoms with Crippen LogP contribution in [0, 0.1) is 31.1 Å². The molecule has 4 rings (SSSR count). The average molecular weight is 451 g/mol. The lowest BCUT2D eigenvalue weighted by Gasteiger charge is -2.31. The lowest BCUT2D eigenvalue weighted by molar-refractivity contribution is -0.132. The lowest BCUT2D eigenvalue weighted by atomic mass is 9.88. The van der Waals surface area contributed by atoms with Crippen LogP contribution in [0.5, 0.6) is 11.5 Å².